The van der Waals surface area contributed by atoms with Crippen LogP contribution in [0.3, 0.4) is 0 Å². The molecule has 0 bridgehead atoms. The fraction of sp³-hybridized carbons (Fsp3) is 0.600. The van der Waals surface area contributed by atoms with E-state index in [1.54, 1.807) is 6.07 Å². The number of aliphatic hydroxyl groups is 1. The van der Waals surface area contributed by atoms with E-state index in [1.807, 2.05) is 0 Å². The first-order valence-corrected chi connectivity index (χ1v) is 7.32. The number of non-ortho nitro benzene ring substituents is 1. The van der Waals surface area contributed by atoms with Gasteiger partial charge < -0.3 is 10.0 Å². The van der Waals surface area contributed by atoms with E-state index in [1.165, 1.54) is 31.4 Å². The third kappa shape index (κ3) is 3.10. The van der Waals surface area contributed by atoms with Crippen LogP contribution in [0.1, 0.15) is 44.6 Å². The summed E-state index contributed by atoms with van der Waals surface area (Å²) in [5.41, 5.74) is 1.62. The number of benzene rings is 1. The molecule has 110 valence electrons. The number of nitro benzene ring substituents is 1. The standard InChI is InChI=1S/C15H22N2O3/c1-2-16(13-6-4-3-5-7-13)15-9-8-14(17(19)20)10-12(15)11-18/h8-10,13,18H,2-7,11H2,1H3. The second-order valence-corrected chi connectivity index (χ2v) is 5.31. The number of rotatable bonds is 5. The lowest BCUT2D eigenvalue weighted by Crippen LogP contribution is -2.37. The highest BCUT2D eigenvalue weighted by Crippen LogP contribution is 2.31. The van der Waals surface area contributed by atoms with Crippen molar-refractivity contribution in [1.82, 2.24) is 0 Å². The third-order valence-electron chi connectivity index (χ3n) is 4.11. The molecule has 1 aliphatic rings. The number of aliphatic hydroxyl groups excluding tert-OH is 1. The van der Waals surface area contributed by atoms with Gasteiger partial charge in [0.15, 0.2) is 0 Å². The minimum atomic E-state index is -0.417. The summed E-state index contributed by atoms with van der Waals surface area (Å²) in [6, 6.07) is 5.28. The summed E-state index contributed by atoms with van der Waals surface area (Å²) < 4.78 is 0. The number of hydrogen-bond acceptors (Lipinski definition) is 4. The predicted molar refractivity (Wildman–Crippen MR) is 78.9 cm³/mol. The first-order chi connectivity index (χ1) is 9.67. The molecule has 1 saturated carbocycles. The Morgan fingerprint density at radius 3 is 2.60 bits per heavy atom. The van der Waals surface area contributed by atoms with Crippen LogP contribution < -0.4 is 4.90 Å². The summed E-state index contributed by atoms with van der Waals surface area (Å²) in [5, 5.41) is 20.3. The molecule has 0 radical (unpaired) electrons. The largest absolute Gasteiger partial charge is 0.392 e. The van der Waals surface area contributed by atoms with Crippen molar-refractivity contribution in [3.8, 4) is 0 Å². The first-order valence-electron chi connectivity index (χ1n) is 7.32. The Kier molecular flexibility index (Phi) is 4.95. The molecule has 1 aromatic carbocycles. The molecule has 2 rings (SSSR count). The van der Waals surface area contributed by atoms with Gasteiger partial charge in [-0.05, 0) is 25.8 Å². The lowest BCUT2D eigenvalue weighted by Gasteiger charge is -2.36. The summed E-state index contributed by atoms with van der Waals surface area (Å²) in [4.78, 5) is 12.7. The summed E-state index contributed by atoms with van der Waals surface area (Å²) in [6.07, 6.45) is 6.10. The quantitative estimate of drug-likeness (QED) is 0.663. The zero-order chi connectivity index (χ0) is 14.5. The molecule has 20 heavy (non-hydrogen) atoms. The maximum Gasteiger partial charge on any atom is 0.269 e. The average Bonchev–Trinajstić information content (AvgIpc) is 2.49. The van der Waals surface area contributed by atoms with E-state index in [-0.39, 0.29) is 12.3 Å². The molecule has 0 unspecified atom stereocenters. The van der Waals surface area contributed by atoms with Gasteiger partial charge in [-0.15, -0.1) is 0 Å². The SMILES string of the molecule is CCN(c1ccc([N+](=O)[O-])cc1CO)C1CCCCC1. The molecule has 0 saturated heterocycles. The van der Waals surface area contributed by atoms with Gasteiger partial charge in [-0.2, -0.15) is 0 Å². The van der Waals surface area contributed by atoms with Crippen LogP contribution in [-0.2, 0) is 6.61 Å². The molecule has 0 spiro atoms. The fourth-order valence-electron chi connectivity index (χ4n) is 3.11. The zero-order valence-corrected chi connectivity index (χ0v) is 11.9. The van der Waals surface area contributed by atoms with E-state index in [0.29, 0.717) is 11.6 Å². The highest BCUT2D eigenvalue weighted by atomic mass is 16.6. The summed E-state index contributed by atoms with van der Waals surface area (Å²) in [7, 11) is 0. The van der Waals surface area contributed by atoms with Crippen molar-refractivity contribution < 1.29 is 10.0 Å². The predicted octanol–water partition coefficient (Wildman–Crippen LogP) is 3.25. The Morgan fingerprint density at radius 1 is 1.35 bits per heavy atom. The molecular weight excluding hydrogens is 256 g/mol. The Hall–Kier alpha value is -1.62. The van der Waals surface area contributed by atoms with Gasteiger partial charge in [-0.25, -0.2) is 0 Å². The number of nitro groups is 1. The minimum absolute atomic E-state index is 0.0393. The van der Waals surface area contributed by atoms with Gasteiger partial charge in [0, 0.05) is 36.0 Å². The zero-order valence-electron chi connectivity index (χ0n) is 11.9. The molecule has 5 heteroatoms. The summed E-state index contributed by atoms with van der Waals surface area (Å²) in [6.45, 7) is 2.78. The van der Waals surface area contributed by atoms with E-state index in [9.17, 15) is 15.2 Å². The normalized spacial score (nSPS) is 16.1. The van der Waals surface area contributed by atoms with Crippen LogP contribution in [-0.4, -0.2) is 22.6 Å². The molecular formula is C15H22N2O3. The molecule has 0 aromatic heterocycles. The Bertz CT molecular complexity index is 470. The Morgan fingerprint density at radius 2 is 2.05 bits per heavy atom. The average molecular weight is 278 g/mol. The van der Waals surface area contributed by atoms with E-state index >= 15 is 0 Å². The fourth-order valence-corrected chi connectivity index (χ4v) is 3.11. The van der Waals surface area contributed by atoms with Crippen molar-refractivity contribution in [3.05, 3.63) is 33.9 Å². The molecule has 0 amide bonds. The van der Waals surface area contributed by atoms with E-state index in [2.05, 4.69) is 11.8 Å². The second-order valence-electron chi connectivity index (χ2n) is 5.31. The lowest BCUT2D eigenvalue weighted by molar-refractivity contribution is -0.384. The van der Waals surface area contributed by atoms with Gasteiger partial charge >= 0.3 is 0 Å². The van der Waals surface area contributed by atoms with Crippen LogP contribution in [0.25, 0.3) is 0 Å². The van der Waals surface area contributed by atoms with Crippen molar-refractivity contribution in [3.63, 3.8) is 0 Å². The first kappa shape index (κ1) is 14.8. The summed E-state index contributed by atoms with van der Waals surface area (Å²) >= 11 is 0. The van der Waals surface area contributed by atoms with E-state index < -0.39 is 4.92 Å². The molecule has 0 aliphatic heterocycles. The number of anilines is 1. The van der Waals surface area contributed by atoms with Crippen LogP contribution in [0.15, 0.2) is 18.2 Å². The Balaban J connectivity index is 2.30. The highest BCUT2D eigenvalue weighted by Gasteiger charge is 2.23. The van der Waals surface area contributed by atoms with Gasteiger partial charge in [-0.3, -0.25) is 10.1 Å². The van der Waals surface area contributed by atoms with Crippen LogP contribution in [0.2, 0.25) is 0 Å². The van der Waals surface area contributed by atoms with Crippen molar-refractivity contribution in [1.29, 1.82) is 0 Å². The molecule has 1 aliphatic carbocycles. The van der Waals surface area contributed by atoms with Crippen molar-refractivity contribution >= 4 is 11.4 Å². The van der Waals surface area contributed by atoms with Crippen LogP contribution in [0.5, 0.6) is 0 Å². The van der Waals surface area contributed by atoms with Gasteiger partial charge in [0.25, 0.3) is 5.69 Å². The number of nitrogens with zero attached hydrogens (tertiary/aromatic N) is 2. The summed E-state index contributed by atoms with van der Waals surface area (Å²) in [5.74, 6) is 0. The van der Waals surface area contributed by atoms with Crippen LogP contribution in [0, 0.1) is 10.1 Å². The number of hydrogen-bond donors (Lipinski definition) is 1. The minimum Gasteiger partial charge on any atom is -0.392 e. The maximum atomic E-state index is 10.8. The molecule has 0 atom stereocenters. The van der Waals surface area contributed by atoms with E-state index in [4.69, 9.17) is 0 Å². The smallest absolute Gasteiger partial charge is 0.269 e. The monoisotopic (exact) mass is 278 g/mol. The molecule has 5 nitrogen and oxygen atoms in total. The third-order valence-corrected chi connectivity index (χ3v) is 4.11. The van der Waals surface area contributed by atoms with Gasteiger partial charge in [-0.1, -0.05) is 19.3 Å². The van der Waals surface area contributed by atoms with Crippen molar-refractivity contribution in [2.45, 2.75) is 51.7 Å². The second kappa shape index (κ2) is 6.70. The van der Waals surface area contributed by atoms with E-state index in [0.717, 1.165) is 25.1 Å². The van der Waals surface area contributed by atoms with Gasteiger partial charge in [0.05, 0.1) is 11.5 Å². The van der Waals surface area contributed by atoms with Crippen molar-refractivity contribution in [2.75, 3.05) is 11.4 Å². The topological polar surface area (TPSA) is 66.6 Å². The maximum absolute atomic E-state index is 10.8. The lowest BCUT2D eigenvalue weighted by atomic mass is 9.93. The van der Waals surface area contributed by atoms with Gasteiger partial charge in [0.1, 0.15) is 0 Å². The van der Waals surface area contributed by atoms with Crippen LogP contribution >= 0.6 is 0 Å². The molecule has 0 heterocycles. The molecule has 1 aromatic rings. The van der Waals surface area contributed by atoms with Crippen molar-refractivity contribution in [2.24, 2.45) is 0 Å². The van der Waals surface area contributed by atoms with Crippen LogP contribution in [0.4, 0.5) is 11.4 Å². The highest BCUT2D eigenvalue weighted by molar-refractivity contribution is 5.58. The molecule has 1 fully saturated rings. The molecule has 1 N–H and O–H groups in total. The van der Waals surface area contributed by atoms with Gasteiger partial charge in [0.2, 0.25) is 0 Å². The Labute approximate surface area is 119 Å².